The fraction of sp³-hybridized carbons (Fsp3) is 0.294. The van der Waals surface area contributed by atoms with E-state index in [4.69, 9.17) is 0 Å². The molecule has 0 aliphatic carbocycles. The van der Waals surface area contributed by atoms with Gasteiger partial charge >= 0.3 is 0 Å². The van der Waals surface area contributed by atoms with Crippen LogP contribution in [-0.2, 0) is 0 Å². The van der Waals surface area contributed by atoms with E-state index in [1.165, 1.54) is 0 Å². The van der Waals surface area contributed by atoms with E-state index < -0.39 is 0 Å². The molecule has 0 N–H and O–H groups in total. The van der Waals surface area contributed by atoms with E-state index in [1.54, 1.807) is 6.20 Å². The summed E-state index contributed by atoms with van der Waals surface area (Å²) in [5.41, 5.74) is 3.94. The molecule has 21 heavy (non-hydrogen) atoms. The molecule has 2 aromatic rings. The van der Waals surface area contributed by atoms with Crippen LogP contribution in [0.25, 0.3) is 0 Å². The lowest BCUT2D eigenvalue weighted by atomic mass is 10.1. The minimum Gasteiger partial charge on any atom is -0.366 e. The van der Waals surface area contributed by atoms with Gasteiger partial charge in [-0.15, -0.1) is 0 Å². The maximum absolute atomic E-state index is 13.0. The van der Waals surface area contributed by atoms with E-state index in [1.807, 2.05) is 48.4 Å². The average Bonchev–Trinajstić information content (AvgIpc) is 2.92. The van der Waals surface area contributed by atoms with Gasteiger partial charge in [-0.1, -0.05) is 17.7 Å². The topological polar surface area (TPSA) is 36.4 Å². The number of benzene rings is 1. The fourth-order valence-electron chi connectivity index (χ4n) is 3.39. The van der Waals surface area contributed by atoms with Crippen LogP contribution in [0.1, 0.15) is 22.3 Å². The van der Waals surface area contributed by atoms with Crippen LogP contribution in [0.3, 0.4) is 0 Å². The molecule has 0 saturated carbocycles. The SMILES string of the molecule is Cc1cccc(C(=O)N2c3ccncc3N3CCC2C3)c1. The summed E-state index contributed by atoms with van der Waals surface area (Å²) in [5.74, 6) is 0.0951. The first-order valence-electron chi connectivity index (χ1n) is 7.33. The molecule has 2 aliphatic heterocycles. The van der Waals surface area contributed by atoms with Crippen LogP contribution in [0.15, 0.2) is 42.7 Å². The third kappa shape index (κ3) is 1.90. The maximum atomic E-state index is 13.0. The number of carbonyl (C=O) groups is 1. The standard InChI is InChI=1S/C17H17N3O/c1-12-3-2-4-13(9-12)17(21)20-14-6-8-19(11-14)16-10-18-7-5-15(16)20/h2-5,7,9-10,14H,6,8,11H2,1H3. The Hall–Kier alpha value is -2.36. The second-order valence-electron chi connectivity index (χ2n) is 5.80. The van der Waals surface area contributed by atoms with Gasteiger partial charge in [-0.05, 0) is 31.5 Å². The minimum absolute atomic E-state index is 0.0951. The van der Waals surface area contributed by atoms with Crippen molar-refractivity contribution in [1.29, 1.82) is 0 Å². The van der Waals surface area contributed by atoms with Gasteiger partial charge in [0.2, 0.25) is 0 Å². The molecule has 4 rings (SSSR count). The van der Waals surface area contributed by atoms with Crippen molar-refractivity contribution in [2.45, 2.75) is 19.4 Å². The molecular formula is C17H17N3O. The number of aromatic nitrogens is 1. The van der Waals surface area contributed by atoms with Gasteiger partial charge in [0.25, 0.3) is 5.91 Å². The smallest absolute Gasteiger partial charge is 0.258 e. The van der Waals surface area contributed by atoms with Crippen molar-refractivity contribution in [3.63, 3.8) is 0 Å². The van der Waals surface area contributed by atoms with Crippen LogP contribution in [0, 0.1) is 6.92 Å². The van der Waals surface area contributed by atoms with Gasteiger partial charge in [0.1, 0.15) is 0 Å². The summed E-state index contributed by atoms with van der Waals surface area (Å²) in [6.07, 6.45) is 4.65. The number of aryl methyl sites for hydroxylation is 1. The molecule has 0 spiro atoms. The summed E-state index contributed by atoms with van der Waals surface area (Å²) < 4.78 is 0. The molecule has 2 aliphatic rings. The first-order chi connectivity index (χ1) is 10.2. The molecule has 1 saturated heterocycles. The quantitative estimate of drug-likeness (QED) is 0.805. The Bertz CT molecular complexity index is 713. The van der Waals surface area contributed by atoms with Crippen molar-refractivity contribution in [3.8, 4) is 0 Å². The number of rotatable bonds is 1. The summed E-state index contributed by atoms with van der Waals surface area (Å²) in [7, 11) is 0. The van der Waals surface area contributed by atoms with Crippen molar-refractivity contribution in [1.82, 2.24) is 4.98 Å². The highest BCUT2D eigenvalue weighted by molar-refractivity contribution is 6.09. The number of amides is 1. The number of pyridine rings is 1. The normalized spacial score (nSPS) is 19.6. The van der Waals surface area contributed by atoms with E-state index in [0.29, 0.717) is 0 Å². The van der Waals surface area contributed by atoms with Gasteiger partial charge in [0, 0.05) is 24.8 Å². The van der Waals surface area contributed by atoms with E-state index in [9.17, 15) is 4.79 Å². The lowest BCUT2D eigenvalue weighted by Crippen LogP contribution is -2.46. The minimum atomic E-state index is 0.0951. The molecule has 4 nitrogen and oxygen atoms in total. The first-order valence-corrected chi connectivity index (χ1v) is 7.33. The Morgan fingerprint density at radius 1 is 1.29 bits per heavy atom. The summed E-state index contributed by atoms with van der Waals surface area (Å²) in [6.45, 7) is 3.93. The largest absolute Gasteiger partial charge is 0.366 e. The molecule has 1 amide bonds. The van der Waals surface area contributed by atoms with Crippen LogP contribution in [-0.4, -0.2) is 30.0 Å². The zero-order chi connectivity index (χ0) is 14.4. The van der Waals surface area contributed by atoms with Crippen molar-refractivity contribution in [2.24, 2.45) is 0 Å². The third-order valence-corrected chi connectivity index (χ3v) is 4.39. The molecular weight excluding hydrogens is 262 g/mol. The monoisotopic (exact) mass is 279 g/mol. The second-order valence-corrected chi connectivity index (χ2v) is 5.80. The molecule has 3 heterocycles. The third-order valence-electron chi connectivity index (χ3n) is 4.39. The Kier molecular flexibility index (Phi) is 2.70. The number of anilines is 2. The van der Waals surface area contributed by atoms with Crippen LogP contribution < -0.4 is 9.80 Å². The van der Waals surface area contributed by atoms with Gasteiger partial charge in [-0.25, -0.2) is 0 Å². The highest BCUT2D eigenvalue weighted by Gasteiger charge is 2.39. The molecule has 1 aromatic carbocycles. The Morgan fingerprint density at radius 3 is 3.05 bits per heavy atom. The van der Waals surface area contributed by atoms with E-state index in [2.05, 4.69) is 9.88 Å². The molecule has 1 aromatic heterocycles. The number of carbonyl (C=O) groups excluding carboxylic acids is 1. The zero-order valence-corrected chi connectivity index (χ0v) is 12.0. The lowest BCUT2D eigenvalue weighted by Gasteiger charge is -2.36. The van der Waals surface area contributed by atoms with E-state index >= 15 is 0 Å². The Labute approximate surface area is 124 Å². The van der Waals surface area contributed by atoms with Gasteiger partial charge in [-0.2, -0.15) is 0 Å². The van der Waals surface area contributed by atoms with Crippen LogP contribution in [0.2, 0.25) is 0 Å². The number of fused-ring (bicyclic) bond motifs is 4. The lowest BCUT2D eigenvalue weighted by molar-refractivity contribution is 0.0978. The molecule has 1 atom stereocenters. The first kappa shape index (κ1) is 12.4. The summed E-state index contributed by atoms with van der Waals surface area (Å²) in [5, 5.41) is 0. The van der Waals surface area contributed by atoms with E-state index in [-0.39, 0.29) is 11.9 Å². The maximum Gasteiger partial charge on any atom is 0.258 e. The summed E-state index contributed by atoms with van der Waals surface area (Å²) in [6, 6.07) is 10.0. The highest BCUT2D eigenvalue weighted by Crippen LogP contribution is 2.39. The molecule has 1 unspecified atom stereocenters. The second kappa shape index (κ2) is 4.58. The molecule has 106 valence electrons. The molecule has 4 heteroatoms. The van der Waals surface area contributed by atoms with Gasteiger partial charge in [-0.3, -0.25) is 9.78 Å². The molecule has 1 fully saturated rings. The van der Waals surface area contributed by atoms with Crippen LogP contribution >= 0.6 is 0 Å². The van der Waals surface area contributed by atoms with Crippen LogP contribution in [0.4, 0.5) is 11.4 Å². The van der Waals surface area contributed by atoms with Gasteiger partial charge < -0.3 is 9.80 Å². The van der Waals surface area contributed by atoms with Gasteiger partial charge in [0.15, 0.2) is 0 Å². The highest BCUT2D eigenvalue weighted by atomic mass is 16.2. The van der Waals surface area contributed by atoms with Crippen molar-refractivity contribution in [2.75, 3.05) is 22.9 Å². The summed E-state index contributed by atoms with van der Waals surface area (Å²) >= 11 is 0. The Balaban J connectivity index is 1.80. The zero-order valence-electron chi connectivity index (χ0n) is 12.0. The molecule has 0 radical (unpaired) electrons. The van der Waals surface area contributed by atoms with E-state index in [0.717, 1.165) is 42.0 Å². The Morgan fingerprint density at radius 2 is 2.19 bits per heavy atom. The fourth-order valence-corrected chi connectivity index (χ4v) is 3.39. The van der Waals surface area contributed by atoms with Gasteiger partial charge in [0.05, 0.1) is 23.6 Å². The number of hydrogen-bond acceptors (Lipinski definition) is 3. The number of hydrogen-bond donors (Lipinski definition) is 0. The predicted molar refractivity (Wildman–Crippen MR) is 82.8 cm³/mol. The average molecular weight is 279 g/mol. The number of nitrogens with zero attached hydrogens (tertiary/aromatic N) is 3. The van der Waals surface area contributed by atoms with Crippen molar-refractivity contribution < 1.29 is 4.79 Å². The van der Waals surface area contributed by atoms with Crippen molar-refractivity contribution >= 4 is 17.3 Å². The molecule has 2 bridgehead atoms. The van der Waals surface area contributed by atoms with Crippen LogP contribution in [0.5, 0.6) is 0 Å². The summed E-state index contributed by atoms with van der Waals surface area (Å²) in [4.78, 5) is 21.5. The van der Waals surface area contributed by atoms with Crippen molar-refractivity contribution in [3.05, 3.63) is 53.9 Å². The predicted octanol–water partition coefficient (Wildman–Crippen LogP) is 2.63.